The Morgan fingerprint density at radius 2 is 1.28 bits per heavy atom. The number of anilines is 5. The van der Waals surface area contributed by atoms with Crippen molar-refractivity contribution in [2.24, 2.45) is 0 Å². The summed E-state index contributed by atoms with van der Waals surface area (Å²) in [6.45, 7) is 11.8. The molecule has 0 saturated carbocycles. The van der Waals surface area contributed by atoms with Crippen molar-refractivity contribution in [2.45, 2.75) is 45.4 Å². The van der Waals surface area contributed by atoms with Crippen molar-refractivity contribution in [2.75, 3.05) is 9.71 Å². The van der Waals surface area contributed by atoms with Gasteiger partial charge < -0.3 is 14.1 Å². The van der Waals surface area contributed by atoms with Gasteiger partial charge in [-0.3, -0.25) is 0 Å². The molecule has 0 spiro atoms. The summed E-state index contributed by atoms with van der Waals surface area (Å²) in [6.07, 6.45) is 0. The van der Waals surface area contributed by atoms with Crippen LogP contribution in [0.1, 0.15) is 51.3 Å². The highest BCUT2D eigenvalue weighted by Crippen LogP contribution is 2.56. The third-order valence-corrected chi connectivity index (χ3v) is 13.1. The quantitative estimate of drug-likeness (QED) is 0.165. The molecule has 0 bridgehead atoms. The fourth-order valence-electron chi connectivity index (χ4n) is 10.3. The summed E-state index contributed by atoms with van der Waals surface area (Å²) < 4.78 is 6.87. The summed E-state index contributed by atoms with van der Waals surface area (Å²) in [5, 5.41) is 4.80. The summed E-state index contributed by atoms with van der Waals surface area (Å²) in [6, 6.07) is 58.8. The lowest BCUT2D eigenvalue weighted by molar-refractivity contribution is 0.590. The molecule has 3 nitrogen and oxygen atoms in total. The van der Waals surface area contributed by atoms with Crippen molar-refractivity contribution in [1.29, 1.82) is 0 Å². The summed E-state index contributed by atoms with van der Waals surface area (Å²) in [5.41, 5.74) is 19.2. The van der Waals surface area contributed by atoms with E-state index in [1.54, 1.807) is 0 Å². The zero-order valence-electron chi connectivity index (χ0n) is 32.9. The van der Waals surface area contributed by atoms with Crippen LogP contribution in [0.15, 0.2) is 162 Å². The first kappa shape index (κ1) is 32.7. The largest absolute Gasteiger partial charge is 0.454 e. The maximum absolute atomic E-state index is 6.87. The van der Waals surface area contributed by atoms with Crippen LogP contribution in [0.25, 0.3) is 55.0 Å². The van der Waals surface area contributed by atoms with E-state index < -0.39 is 0 Å². The van der Waals surface area contributed by atoms with Gasteiger partial charge in [0.25, 0.3) is 0 Å². The molecule has 0 fully saturated rings. The highest BCUT2D eigenvalue weighted by atomic mass is 16.3. The smallest absolute Gasteiger partial charge is 0.333 e. The van der Waals surface area contributed by atoms with Crippen molar-refractivity contribution < 1.29 is 4.42 Å². The molecule has 8 aromatic carbocycles. The molecule has 0 unspecified atom stereocenters. The fourth-order valence-corrected chi connectivity index (χ4v) is 10.3. The second kappa shape index (κ2) is 11.3. The summed E-state index contributed by atoms with van der Waals surface area (Å²) >= 11 is 0. The number of fused-ring (bicyclic) bond motifs is 10. The second-order valence-corrected chi connectivity index (χ2v) is 17.7. The average Bonchev–Trinajstić information content (AvgIpc) is 3.62. The Morgan fingerprint density at radius 3 is 2.11 bits per heavy atom. The van der Waals surface area contributed by atoms with E-state index in [9.17, 15) is 0 Å². The zero-order chi connectivity index (χ0) is 38.4. The molecule has 4 heterocycles. The Labute approximate surface area is 333 Å². The lowest BCUT2D eigenvalue weighted by Gasteiger charge is -2.50. The predicted molar refractivity (Wildman–Crippen MR) is 241 cm³/mol. The van der Waals surface area contributed by atoms with Crippen LogP contribution in [0.4, 0.5) is 28.4 Å². The third kappa shape index (κ3) is 4.44. The van der Waals surface area contributed by atoms with Crippen molar-refractivity contribution in [3.63, 3.8) is 0 Å². The topological polar surface area (TPSA) is 19.6 Å². The Balaban J connectivity index is 1.24. The van der Waals surface area contributed by atoms with E-state index in [-0.39, 0.29) is 17.7 Å². The molecule has 0 atom stereocenters. The summed E-state index contributed by atoms with van der Waals surface area (Å²) in [4.78, 5) is 5.24. The van der Waals surface area contributed by atoms with Gasteiger partial charge in [-0.15, -0.1) is 0 Å². The van der Waals surface area contributed by atoms with Crippen LogP contribution in [-0.4, -0.2) is 6.85 Å². The van der Waals surface area contributed by atoms with Crippen LogP contribution in [-0.2, 0) is 10.8 Å². The lowest BCUT2D eigenvalue weighted by atomic mass is 9.42. The van der Waals surface area contributed by atoms with Gasteiger partial charge in [0.15, 0.2) is 5.58 Å². The molecule has 9 aromatic rings. The Kier molecular flexibility index (Phi) is 6.48. The number of benzene rings is 8. The molecule has 3 aliphatic rings. The minimum absolute atomic E-state index is 0.0870. The molecule has 12 rings (SSSR count). The summed E-state index contributed by atoms with van der Waals surface area (Å²) in [5.74, 6) is 0. The summed E-state index contributed by atoms with van der Waals surface area (Å²) in [7, 11) is 0. The number of hydrogen-bond acceptors (Lipinski definition) is 3. The second-order valence-electron chi connectivity index (χ2n) is 17.7. The molecule has 0 radical (unpaired) electrons. The first-order chi connectivity index (χ1) is 27.7. The number of hydrogen-bond donors (Lipinski definition) is 0. The number of nitrogens with zero attached hydrogens (tertiary/aromatic N) is 2. The highest BCUT2D eigenvalue weighted by Gasteiger charge is 2.50. The van der Waals surface area contributed by atoms with E-state index in [0.717, 1.165) is 27.6 Å². The molecule has 1 aromatic heterocycles. The Morgan fingerprint density at radius 1 is 0.544 bits per heavy atom. The standard InChI is InChI=1S/C53H41BN2O/c1-52(2,3)36-30-40-39-27-35(32-15-7-6-8-16-32)25-26-44(39)56(45-23-13-20-38-37-19-11-12-24-48(37)57-51(38)45)54-43-22-14-21-41-50(43)55(47(31-36)49(40)54)46-29-34-18-10-9-17-33(34)28-42(46)53(41,4)5/h6-31H,1-5H3. The van der Waals surface area contributed by atoms with E-state index in [4.69, 9.17) is 4.42 Å². The van der Waals surface area contributed by atoms with Crippen LogP contribution >= 0.6 is 0 Å². The van der Waals surface area contributed by atoms with Gasteiger partial charge in [-0.05, 0) is 103 Å². The number of furan rings is 1. The molecule has 0 amide bonds. The highest BCUT2D eigenvalue weighted by molar-refractivity contribution is 6.93. The van der Waals surface area contributed by atoms with E-state index >= 15 is 0 Å². The Hall–Kier alpha value is -6.52. The molecule has 0 N–H and O–H groups in total. The molecule has 57 heavy (non-hydrogen) atoms. The van der Waals surface area contributed by atoms with E-state index in [2.05, 4.69) is 202 Å². The van der Waals surface area contributed by atoms with E-state index in [0.29, 0.717) is 0 Å². The first-order valence-electron chi connectivity index (χ1n) is 20.2. The maximum Gasteiger partial charge on any atom is 0.333 e. The van der Waals surface area contributed by atoms with E-state index in [1.165, 1.54) is 83.4 Å². The third-order valence-electron chi connectivity index (χ3n) is 13.1. The minimum Gasteiger partial charge on any atom is -0.454 e. The van der Waals surface area contributed by atoms with Gasteiger partial charge >= 0.3 is 6.85 Å². The van der Waals surface area contributed by atoms with Gasteiger partial charge in [-0.25, -0.2) is 0 Å². The van der Waals surface area contributed by atoms with Gasteiger partial charge in [0.2, 0.25) is 0 Å². The molecule has 4 heteroatoms. The van der Waals surface area contributed by atoms with Crippen molar-refractivity contribution in [3.8, 4) is 22.3 Å². The van der Waals surface area contributed by atoms with Gasteiger partial charge in [-0.1, -0.05) is 150 Å². The van der Waals surface area contributed by atoms with E-state index in [1.807, 2.05) is 0 Å². The van der Waals surface area contributed by atoms with Gasteiger partial charge in [0.05, 0.1) is 11.4 Å². The molecular weight excluding hydrogens is 691 g/mol. The zero-order valence-corrected chi connectivity index (χ0v) is 32.9. The van der Waals surface area contributed by atoms with Gasteiger partial charge in [0.1, 0.15) is 5.58 Å². The number of rotatable bonds is 2. The van der Waals surface area contributed by atoms with Crippen LogP contribution in [0, 0.1) is 0 Å². The average molecular weight is 733 g/mol. The van der Waals surface area contributed by atoms with Crippen LogP contribution in [0.3, 0.4) is 0 Å². The van der Waals surface area contributed by atoms with Crippen molar-refractivity contribution in [1.82, 2.24) is 0 Å². The maximum atomic E-state index is 6.87. The number of para-hydroxylation sites is 3. The molecule has 0 saturated heterocycles. The van der Waals surface area contributed by atoms with Crippen molar-refractivity contribution in [3.05, 3.63) is 174 Å². The monoisotopic (exact) mass is 732 g/mol. The van der Waals surface area contributed by atoms with Crippen LogP contribution in [0.5, 0.6) is 0 Å². The predicted octanol–water partition coefficient (Wildman–Crippen LogP) is 13.1. The van der Waals surface area contributed by atoms with Crippen LogP contribution < -0.4 is 20.6 Å². The lowest BCUT2D eigenvalue weighted by Crippen LogP contribution is -2.62. The van der Waals surface area contributed by atoms with Gasteiger partial charge in [0, 0.05) is 38.8 Å². The van der Waals surface area contributed by atoms with Crippen LogP contribution in [0.2, 0.25) is 0 Å². The van der Waals surface area contributed by atoms with Crippen molar-refractivity contribution >= 4 is 78.9 Å². The minimum atomic E-state index is -0.232. The molecule has 272 valence electrons. The SMILES string of the molecule is CC(C)(C)c1cc2c3c(c1)N1c4cc5ccccc5cc4C(C)(C)c4cccc(c41)B3N(c1cccc3c1oc1ccccc13)c1ccc(-c3ccccc3)cc1-2. The molecular formula is C53H41BN2O. The normalized spacial score (nSPS) is 14.8. The Bertz CT molecular complexity index is 3170. The fraction of sp³-hybridized carbons (Fsp3) is 0.132. The van der Waals surface area contributed by atoms with Gasteiger partial charge in [-0.2, -0.15) is 0 Å². The first-order valence-corrected chi connectivity index (χ1v) is 20.2. The molecule has 0 aliphatic carbocycles. The molecule has 3 aliphatic heterocycles.